The van der Waals surface area contributed by atoms with Gasteiger partial charge in [-0.05, 0) is 39.7 Å². The fourth-order valence-electron chi connectivity index (χ4n) is 2.91. The Kier molecular flexibility index (Phi) is 7.03. The summed E-state index contributed by atoms with van der Waals surface area (Å²) in [7, 11) is 0. The standard InChI is InChI=1S/C18H28N4O2/c1-4-19-18-20-13(3)15(11-12-16(23)24-5-2)17(22-18)21-14-9-7-6-8-10-14/h11-12,14H,4-10H2,1-3H3,(H2,19,20,21,22)/b12-11+. The Morgan fingerprint density at radius 3 is 2.67 bits per heavy atom. The van der Waals surface area contributed by atoms with Crippen molar-refractivity contribution in [2.24, 2.45) is 0 Å². The van der Waals surface area contributed by atoms with Crippen LogP contribution in [0.4, 0.5) is 11.8 Å². The predicted octanol–water partition coefficient (Wildman–Crippen LogP) is 3.54. The van der Waals surface area contributed by atoms with E-state index in [0.717, 1.165) is 36.5 Å². The zero-order valence-electron chi connectivity index (χ0n) is 14.9. The lowest BCUT2D eigenvalue weighted by Crippen LogP contribution is -2.24. The van der Waals surface area contributed by atoms with Gasteiger partial charge in [-0.3, -0.25) is 0 Å². The maximum absolute atomic E-state index is 11.6. The number of ether oxygens (including phenoxy) is 1. The summed E-state index contributed by atoms with van der Waals surface area (Å²) < 4.78 is 4.96. The molecule has 1 aliphatic rings. The Balaban J connectivity index is 2.26. The van der Waals surface area contributed by atoms with Crippen LogP contribution in [0.15, 0.2) is 6.08 Å². The van der Waals surface area contributed by atoms with Crippen LogP contribution in [0.5, 0.6) is 0 Å². The predicted molar refractivity (Wildman–Crippen MR) is 97.1 cm³/mol. The van der Waals surface area contributed by atoms with E-state index >= 15 is 0 Å². The molecule has 1 heterocycles. The van der Waals surface area contributed by atoms with Gasteiger partial charge in [0.2, 0.25) is 5.95 Å². The van der Waals surface area contributed by atoms with Gasteiger partial charge in [-0.15, -0.1) is 0 Å². The van der Waals surface area contributed by atoms with Crippen LogP contribution in [0, 0.1) is 6.92 Å². The molecule has 132 valence electrons. The molecule has 0 spiro atoms. The average Bonchev–Trinajstić information content (AvgIpc) is 2.55. The number of hydrogen-bond donors (Lipinski definition) is 2. The molecule has 1 fully saturated rings. The normalized spacial score (nSPS) is 15.5. The third-order valence-electron chi connectivity index (χ3n) is 4.09. The molecule has 0 aromatic carbocycles. The van der Waals surface area contributed by atoms with Crippen molar-refractivity contribution < 1.29 is 9.53 Å². The molecule has 6 nitrogen and oxygen atoms in total. The van der Waals surface area contributed by atoms with E-state index in [-0.39, 0.29) is 5.97 Å². The molecule has 1 aromatic heterocycles. The number of nitrogens with one attached hydrogen (secondary N) is 2. The Bertz CT molecular complexity index is 581. The first kappa shape index (κ1) is 18.2. The van der Waals surface area contributed by atoms with Crippen LogP contribution in [0.2, 0.25) is 0 Å². The fraction of sp³-hybridized carbons (Fsp3) is 0.611. The van der Waals surface area contributed by atoms with Gasteiger partial charge in [0, 0.05) is 24.2 Å². The third-order valence-corrected chi connectivity index (χ3v) is 4.09. The number of hydrogen-bond acceptors (Lipinski definition) is 6. The van der Waals surface area contributed by atoms with E-state index in [2.05, 4.69) is 20.6 Å². The van der Waals surface area contributed by atoms with Crippen molar-refractivity contribution >= 4 is 23.8 Å². The summed E-state index contributed by atoms with van der Waals surface area (Å²) in [6.07, 6.45) is 9.29. The molecule has 2 N–H and O–H groups in total. The van der Waals surface area contributed by atoms with Crippen molar-refractivity contribution in [3.8, 4) is 0 Å². The third kappa shape index (κ3) is 5.22. The van der Waals surface area contributed by atoms with Crippen molar-refractivity contribution in [1.82, 2.24) is 9.97 Å². The first-order valence-corrected chi connectivity index (χ1v) is 8.87. The molecule has 0 amide bonds. The zero-order chi connectivity index (χ0) is 17.4. The average molecular weight is 332 g/mol. The summed E-state index contributed by atoms with van der Waals surface area (Å²) in [5, 5.41) is 6.71. The van der Waals surface area contributed by atoms with Gasteiger partial charge in [0.05, 0.1) is 12.3 Å². The molecule has 0 radical (unpaired) electrons. The summed E-state index contributed by atoms with van der Waals surface area (Å²) >= 11 is 0. The SMILES string of the molecule is CCNc1nc(C)c(/C=C/C(=O)OCC)c(NC2CCCCC2)n1. The van der Waals surface area contributed by atoms with Crippen molar-refractivity contribution in [3.05, 3.63) is 17.3 Å². The molecule has 1 aliphatic carbocycles. The summed E-state index contributed by atoms with van der Waals surface area (Å²) in [5.41, 5.74) is 1.68. The smallest absolute Gasteiger partial charge is 0.330 e. The second-order valence-electron chi connectivity index (χ2n) is 5.99. The van der Waals surface area contributed by atoms with Gasteiger partial charge >= 0.3 is 5.97 Å². The number of aryl methyl sites for hydroxylation is 1. The number of rotatable bonds is 7. The Morgan fingerprint density at radius 1 is 1.25 bits per heavy atom. The topological polar surface area (TPSA) is 76.1 Å². The molecule has 24 heavy (non-hydrogen) atoms. The monoisotopic (exact) mass is 332 g/mol. The maximum Gasteiger partial charge on any atom is 0.330 e. The van der Waals surface area contributed by atoms with Crippen LogP contribution in [0.3, 0.4) is 0 Å². The quantitative estimate of drug-likeness (QED) is 0.587. The van der Waals surface area contributed by atoms with Crippen molar-refractivity contribution in [1.29, 1.82) is 0 Å². The first-order chi connectivity index (χ1) is 11.6. The second kappa shape index (κ2) is 9.25. The number of aromatic nitrogens is 2. The van der Waals surface area contributed by atoms with E-state index in [0.29, 0.717) is 18.6 Å². The van der Waals surface area contributed by atoms with Gasteiger partial charge < -0.3 is 15.4 Å². The number of esters is 1. The minimum absolute atomic E-state index is 0.351. The molecule has 2 rings (SSSR count). The van der Waals surface area contributed by atoms with Crippen molar-refractivity contribution in [2.75, 3.05) is 23.8 Å². The highest BCUT2D eigenvalue weighted by atomic mass is 16.5. The van der Waals surface area contributed by atoms with E-state index in [4.69, 9.17) is 4.74 Å². The number of nitrogens with zero attached hydrogens (tertiary/aromatic N) is 2. The highest BCUT2D eigenvalue weighted by Gasteiger charge is 2.17. The molecule has 1 saturated carbocycles. The lowest BCUT2D eigenvalue weighted by Gasteiger charge is -2.24. The van der Waals surface area contributed by atoms with Gasteiger partial charge in [0.1, 0.15) is 5.82 Å². The summed E-state index contributed by atoms with van der Waals surface area (Å²) in [6.45, 7) is 6.87. The largest absolute Gasteiger partial charge is 0.463 e. The maximum atomic E-state index is 11.6. The molecule has 0 saturated heterocycles. The summed E-state index contributed by atoms with van der Waals surface area (Å²) in [5.74, 6) is 1.05. The van der Waals surface area contributed by atoms with Gasteiger partial charge in [-0.2, -0.15) is 4.98 Å². The van der Waals surface area contributed by atoms with Crippen molar-refractivity contribution in [2.45, 2.75) is 58.9 Å². The van der Waals surface area contributed by atoms with Crippen LogP contribution >= 0.6 is 0 Å². The molecular formula is C18H28N4O2. The minimum Gasteiger partial charge on any atom is -0.463 e. The lowest BCUT2D eigenvalue weighted by atomic mass is 9.95. The zero-order valence-corrected chi connectivity index (χ0v) is 14.9. The minimum atomic E-state index is -0.351. The molecule has 1 aromatic rings. The first-order valence-electron chi connectivity index (χ1n) is 8.87. The fourth-order valence-corrected chi connectivity index (χ4v) is 2.91. The van der Waals surface area contributed by atoms with Gasteiger partial charge in [0.15, 0.2) is 0 Å². The van der Waals surface area contributed by atoms with Crippen LogP contribution in [0.25, 0.3) is 6.08 Å². The van der Waals surface area contributed by atoms with E-state index in [1.807, 2.05) is 13.8 Å². The summed E-state index contributed by atoms with van der Waals surface area (Å²) in [6, 6.07) is 0.428. The highest BCUT2D eigenvalue weighted by molar-refractivity contribution is 5.88. The van der Waals surface area contributed by atoms with E-state index < -0.39 is 0 Å². The Morgan fingerprint density at radius 2 is 2.00 bits per heavy atom. The lowest BCUT2D eigenvalue weighted by molar-refractivity contribution is -0.137. The Labute approximate surface area is 144 Å². The van der Waals surface area contributed by atoms with Gasteiger partial charge in [-0.1, -0.05) is 19.3 Å². The van der Waals surface area contributed by atoms with E-state index in [9.17, 15) is 4.79 Å². The molecule has 0 unspecified atom stereocenters. The van der Waals surface area contributed by atoms with Crippen LogP contribution < -0.4 is 10.6 Å². The molecular weight excluding hydrogens is 304 g/mol. The number of carbonyl (C=O) groups excluding carboxylic acids is 1. The summed E-state index contributed by atoms with van der Waals surface area (Å²) in [4.78, 5) is 20.7. The van der Waals surface area contributed by atoms with E-state index in [1.165, 1.54) is 25.3 Å². The number of carbonyl (C=O) groups is 1. The van der Waals surface area contributed by atoms with Gasteiger partial charge in [0.25, 0.3) is 0 Å². The van der Waals surface area contributed by atoms with E-state index in [1.54, 1.807) is 13.0 Å². The molecule has 0 aliphatic heterocycles. The number of anilines is 2. The molecule has 0 bridgehead atoms. The van der Waals surface area contributed by atoms with Crippen LogP contribution in [-0.4, -0.2) is 35.1 Å². The van der Waals surface area contributed by atoms with Crippen molar-refractivity contribution in [3.63, 3.8) is 0 Å². The van der Waals surface area contributed by atoms with Gasteiger partial charge in [-0.25, -0.2) is 9.78 Å². The second-order valence-corrected chi connectivity index (χ2v) is 5.99. The molecule has 0 atom stereocenters. The highest BCUT2D eigenvalue weighted by Crippen LogP contribution is 2.25. The van der Waals surface area contributed by atoms with Crippen LogP contribution in [-0.2, 0) is 9.53 Å². The Hall–Kier alpha value is -2.11. The van der Waals surface area contributed by atoms with Crippen LogP contribution in [0.1, 0.15) is 57.2 Å². The molecule has 6 heteroatoms.